The molecule has 4 bridgehead atoms. The average molecular weight is 194 g/mol. The number of hydrogen-bond donors (Lipinski definition) is 1. The molecule has 14 heavy (non-hydrogen) atoms. The highest BCUT2D eigenvalue weighted by atomic mass is 16.3. The summed E-state index contributed by atoms with van der Waals surface area (Å²) in [7, 11) is 0. The molecule has 0 saturated heterocycles. The van der Waals surface area contributed by atoms with Crippen molar-refractivity contribution in [3.8, 4) is 0 Å². The van der Waals surface area contributed by atoms with Crippen LogP contribution in [0.15, 0.2) is 0 Å². The van der Waals surface area contributed by atoms with Crippen molar-refractivity contribution in [2.45, 2.75) is 51.6 Å². The zero-order chi connectivity index (χ0) is 9.92. The van der Waals surface area contributed by atoms with Crippen LogP contribution < -0.4 is 0 Å². The summed E-state index contributed by atoms with van der Waals surface area (Å²) in [4.78, 5) is 0. The molecular weight excluding hydrogens is 172 g/mol. The largest absolute Gasteiger partial charge is 0.389 e. The molecule has 0 atom stereocenters. The molecular formula is C13H22O. The summed E-state index contributed by atoms with van der Waals surface area (Å²) in [6.07, 6.45) is 6.76. The van der Waals surface area contributed by atoms with Crippen molar-refractivity contribution >= 4 is 0 Å². The summed E-state index contributed by atoms with van der Waals surface area (Å²) < 4.78 is 0. The molecule has 4 aliphatic carbocycles. The first-order valence-electron chi connectivity index (χ1n) is 6.33. The van der Waals surface area contributed by atoms with E-state index in [1.165, 1.54) is 32.1 Å². The summed E-state index contributed by atoms with van der Waals surface area (Å²) >= 11 is 0. The van der Waals surface area contributed by atoms with Crippen LogP contribution >= 0.6 is 0 Å². The van der Waals surface area contributed by atoms with E-state index in [0.29, 0.717) is 17.8 Å². The Balaban J connectivity index is 1.94. The van der Waals surface area contributed by atoms with E-state index in [0.717, 1.165) is 11.8 Å². The normalized spacial score (nSPS) is 55.7. The van der Waals surface area contributed by atoms with Gasteiger partial charge in [0.15, 0.2) is 0 Å². The number of rotatable bonds is 1. The first-order valence-corrected chi connectivity index (χ1v) is 6.33. The summed E-state index contributed by atoms with van der Waals surface area (Å²) in [5.41, 5.74) is -0.298. The summed E-state index contributed by atoms with van der Waals surface area (Å²) in [6.45, 7) is 4.42. The van der Waals surface area contributed by atoms with Gasteiger partial charge in [-0.1, -0.05) is 13.8 Å². The van der Waals surface area contributed by atoms with E-state index in [1.54, 1.807) is 0 Å². The third-order valence-electron chi connectivity index (χ3n) is 5.37. The molecule has 0 radical (unpaired) electrons. The van der Waals surface area contributed by atoms with Gasteiger partial charge in [-0.15, -0.1) is 0 Å². The van der Waals surface area contributed by atoms with Gasteiger partial charge in [0.1, 0.15) is 0 Å². The minimum Gasteiger partial charge on any atom is -0.389 e. The summed E-state index contributed by atoms with van der Waals surface area (Å²) in [5, 5.41) is 10.9. The van der Waals surface area contributed by atoms with Gasteiger partial charge in [-0.05, 0) is 61.7 Å². The van der Waals surface area contributed by atoms with Crippen LogP contribution in [0.25, 0.3) is 0 Å². The van der Waals surface area contributed by atoms with Crippen LogP contribution in [0.4, 0.5) is 0 Å². The average Bonchev–Trinajstić information content (AvgIpc) is 2.12. The van der Waals surface area contributed by atoms with E-state index in [2.05, 4.69) is 13.8 Å². The topological polar surface area (TPSA) is 20.2 Å². The molecule has 0 aliphatic heterocycles. The summed E-state index contributed by atoms with van der Waals surface area (Å²) in [5.74, 6) is 3.67. The molecule has 0 aromatic carbocycles. The van der Waals surface area contributed by atoms with Crippen molar-refractivity contribution in [3.63, 3.8) is 0 Å². The van der Waals surface area contributed by atoms with Gasteiger partial charge in [0.25, 0.3) is 0 Å². The van der Waals surface area contributed by atoms with E-state index in [9.17, 15) is 5.11 Å². The Labute approximate surface area is 86.9 Å². The first kappa shape index (κ1) is 9.21. The maximum Gasteiger partial charge on any atom is 0.0726 e. The highest BCUT2D eigenvalue weighted by Crippen LogP contribution is 2.60. The van der Waals surface area contributed by atoms with Crippen LogP contribution in [0.3, 0.4) is 0 Å². The SMILES string of the molecule is CC(C)C1(O)C2CC3CC(C2)CC1C3. The van der Waals surface area contributed by atoms with Crippen molar-refractivity contribution < 1.29 is 5.11 Å². The first-order chi connectivity index (χ1) is 6.60. The molecule has 1 heteroatoms. The van der Waals surface area contributed by atoms with E-state index in [4.69, 9.17) is 0 Å². The van der Waals surface area contributed by atoms with Crippen molar-refractivity contribution in [1.82, 2.24) is 0 Å². The van der Waals surface area contributed by atoms with Gasteiger partial charge in [0.2, 0.25) is 0 Å². The van der Waals surface area contributed by atoms with Gasteiger partial charge in [-0.25, -0.2) is 0 Å². The Hall–Kier alpha value is -0.0400. The Morgan fingerprint density at radius 2 is 1.36 bits per heavy atom. The standard InChI is InChI=1S/C13H22O/c1-8(2)13(14)11-4-9-3-10(6-11)7-12(13)5-9/h8-12,14H,3-7H2,1-2H3. The van der Waals surface area contributed by atoms with Gasteiger partial charge in [-0.3, -0.25) is 0 Å². The third-order valence-corrected chi connectivity index (χ3v) is 5.37. The molecule has 0 spiro atoms. The highest BCUT2D eigenvalue weighted by molar-refractivity contribution is 5.07. The fourth-order valence-corrected chi connectivity index (χ4v) is 4.88. The minimum atomic E-state index is -0.298. The second kappa shape index (κ2) is 2.75. The van der Waals surface area contributed by atoms with Gasteiger partial charge in [-0.2, -0.15) is 0 Å². The second-order valence-electron chi connectivity index (χ2n) is 6.35. The molecule has 0 aromatic heterocycles. The fraction of sp³-hybridized carbons (Fsp3) is 1.00. The fourth-order valence-electron chi connectivity index (χ4n) is 4.88. The Morgan fingerprint density at radius 1 is 0.929 bits per heavy atom. The Bertz CT molecular complexity index is 216. The van der Waals surface area contributed by atoms with E-state index in [1.807, 2.05) is 0 Å². The molecule has 1 N–H and O–H groups in total. The van der Waals surface area contributed by atoms with E-state index < -0.39 is 0 Å². The molecule has 0 heterocycles. The molecule has 4 aliphatic rings. The maximum absolute atomic E-state index is 10.9. The lowest BCUT2D eigenvalue weighted by Crippen LogP contribution is -2.60. The zero-order valence-corrected chi connectivity index (χ0v) is 9.37. The number of aliphatic hydroxyl groups is 1. The van der Waals surface area contributed by atoms with Gasteiger partial charge in [0, 0.05) is 0 Å². The predicted octanol–water partition coefficient (Wildman–Crippen LogP) is 2.83. The lowest BCUT2D eigenvalue weighted by molar-refractivity contribution is -0.195. The third kappa shape index (κ3) is 0.997. The van der Waals surface area contributed by atoms with Crippen molar-refractivity contribution in [1.29, 1.82) is 0 Å². The van der Waals surface area contributed by atoms with E-state index in [-0.39, 0.29) is 5.60 Å². The van der Waals surface area contributed by atoms with Gasteiger partial charge >= 0.3 is 0 Å². The highest BCUT2D eigenvalue weighted by Gasteiger charge is 2.57. The molecule has 4 saturated carbocycles. The second-order valence-corrected chi connectivity index (χ2v) is 6.35. The lowest BCUT2D eigenvalue weighted by Gasteiger charge is -2.60. The molecule has 0 aromatic rings. The zero-order valence-electron chi connectivity index (χ0n) is 9.37. The maximum atomic E-state index is 10.9. The molecule has 0 amide bonds. The molecule has 80 valence electrons. The Morgan fingerprint density at radius 3 is 1.71 bits per heavy atom. The van der Waals surface area contributed by atoms with Crippen LogP contribution in [0, 0.1) is 29.6 Å². The smallest absolute Gasteiger partial charge is 0.0726 e. The van der Waals surface area contributed by atoms with Crippen LogP contribution in [0.5, 0.6) is 0 Å². The van der Waals surface area contributed by atoms with Gasteiger partial charge < -0.3 is 5.11 Å². The summed E-state index contributed by atoms with van der Waals surface area (Å²) in [6, 6.07) is 0. The minimum absolute atomic E-state index is 0.298. The van der Waals surface area contributed by atoms with Crippen LogP contribution in [0.1, 0.15) is 46.0 Å². The van der Waals surface area contributed by atoms with Crippen molar-refractivity contribution in [3.05, 3.63) is 0 Å². The predicted molar refractivity (Wildman–Crippen MR) is 56.8 cm³/mol. The van der Waals surface area contributed by atoms with Crippen molar-refractivity contribution in [2.24, 2.45) is 29.6 Å². The van der Waals surface area contributed by atoms with Crippen LogP contribution in [-0.4, -0.2) is 10.7 Å². The molecule has 0 unspecified atom stereocenters. The molecule has 1 nitrogen and oxygen atoms in total. The number of hydrogen-bond acceptors (Lipinski definition) is 1. The van der Waals surface area contributed by atoms with Crippen LogP contribution in [-0.2, 0) is 0 Å². The van der Waals surface area contributed by atoms with Crippen molar-refractivity contribution in [2.75, 3.05) is 0 Å². The van der Waals surface area contributed by atoms with E-state index >= 15 is 0 Å². The molecule has 4 fully saturated rings. The lowest BCUT2D eigenvalue weighted by atomic mass is 9.48. The Kier molecular flexibility index (Phi) is 1.81. The quantitative estimate of drug-likeness (QED) is 0.680. The van der Waals surface area contributed by atoms with Crippen LogP contribution in [0.2, 0.25) is 0 Å². The monoisotopic (exact) mass is 194 g/mol. The van der Waals surface area contributed by atoms with Gasteiger partial charge in [0.05, 0.1) is 5.60 Å². The molecule has 4 rings (SSSR count).